The Kier molecular flexibility index (Phi) is 1.07. The SMILES string of the molecule is CC1CCC2(C1)OC2C#N. The van der Waals surface area contributed by atoms with Gasteiger partial charge in [0.1, 0.15) is 5.60 Å². The number of nitriles is 1. The number of rotatable bonds is 0. The maximum atomic E-state index is 8.54. The number of ether oxygens (including phenoxy) is 1. The second kappa shape index (κ2) is 1.73. The molecule has 2 aliphatic rings. The number of hydrogen-bond donors (Lipinski definition) is 0. The van der Waals surface area contributed by atoms with E-state index in [-0.39, 0.29) is 11.7 Å². The third-order valence-corrected chi connectivity index (χ3v) is 2.64. The summed E-state index contributed by atoms with van der Waals surface area (Å²) in [6.45, 7) is 2.23. The summed E-state index contributed by atoms with van der Waals surface area (Å²) in [6, 6.07) is 2.17. The van der Waals surface area contributed by atoms with Crippen molar-refractivity contribution in [3.8, 4) is 6.07 Å². The van der Waals surface area contributed by atoms with Crippen LogP contribution in [0.2, 0.25) is 0 Å². The molecular weight excluding hydrogens is 126 g/mol. The molecule has 1 saturated carbocycles. The predicted molar refractivity (Wildman–Crippen MR) is 36.2 cm³/mol. The molecule has 1 saturated heterocycles. The summed E-state index contributed by atoms with van der Waals surface area (Å²) in [6.07, 6.45) is 3.37. The van der Waals surface area contributed by atoms with Crippen LogP contribution in [-0.2, 0) is 4.74 Å². The minimum Gasteiger partial charge on any atom is -0.350 e. The largest absolute Gasteiger partial charge is 0.350 e. The van der Waals surface area contributed by atoms with Gasteiger partial charge in [-0.25, -0.2) is 0 Å². The van der Waals surface area contributed by atoms with E-state index in [1.165, 1.54) is 6.42 Å². The van der Waals surface area contributed by atoms with Gasteiger partial charge >= 0.3 is 0 Å². The first-order chi connectivity index (χ1) is 4.77. The van der Waals surface area contributed by atoms with Gasteiger partial charge in [0.25, 0.3) is 0 Å². The van der Waals surface area contributed by atoms with Crippen molar-refractivity contribution in [3.05, 3.63) is 0 Å². The molecule has 0 aromatic heterocycles. The highest BCUT2D eigenvalue weighted by molar-refractivity contribution is 5.16. The average molecular weight is 137 g/mol. The zero-order valence-corrected chi connectivity index (χ0v) is 6.13. The third-order valence-electron chi connectivity index (χ3n) is 2.64. The van der Waals surface area contributed by atoms with E-state index < -0.39 is 0 Å². The van der Waals surface area contributed by atoms with Gasteiger partial charge in [0, 0.05) is 0 Å². The Hall–Kier alpha value is -0.550. The van der Waals surface area contributed by atoms with Crippen molar-refractivity contribution in [1.29, 1.82) is 5.26 Å². The second-order valence-corrected chi connectivity index (χ2v) is 3.54. The molecule has 0 radical (unpaired) electrons. The number of epoxide rings is 1. The molecule has 3 unspecified atom stereocenters. The van der Waals surface area contributed by atoms with E-state index in [4.69, 9.17) is 10.00 Å². The molecule has 0 bridgehead atoms. The van der Waals surface area contributed by atoms with Crippen molar-refractivity contribution in [2.75, 3.05) is 0 Å². The number of nitrogens with zero attached hydrogens (tertiary/aromatic N) is 1. The number of hydrogen-bond acceptors (Lipinski definition) is 2. The summed E-state index contributed by atoms with van der Waals surface area (Å²) in [5.74, 6) is 0.762. The van der Waals surface area contributed by atoms with Gasteiger partial charge in [-0.1, -0.05) is 6.92 Å². The van der Waals surface area contributed by atoms with Crippen LogP contribution in [0.1, 0.15) is 26.2 Å². The van der Waals surface area contributed by atoms with Crippen LogP contribution in [0.4, 0.5) is 0 Å². The van der Waals surface area contributed by atoms with Crippen LogP contribution < -0.4 is 0 Å². The van der Waals surface area contributed by atoms with E-state index in [0.717, 1.165) is 18.8 Å². The zero-order valence-electron chi connectivity index (χ0n) is 6.13. The molecule has 54 valence electrons. The van der Waals surface area contributed by atoms with Crippen molar-refractivity contribution < 1.29 is 4.74 Å². The first-order valence-electron chi connectivity index (χ1n) is 3.84. The molecule has 1 spiro atoms. The van der Waals surface area contributed by atoms with Crippen molar-refractivity contribution in [1.82, 2.24) is 0 Å². The van der Waals surface area contributed by atoms with Crippen LogP contribution in [-0.4, -0.2) is 11.7 Å². The van der Waals surface area contributed by atoms with Gasteiger partial charge in [-0.2, -0.15) is 5.26 Å². The summed E-state index contributed by atoms with van der Waals surface area (Å²) in [7, 11) is 0. The highest BCUT2D eigenvalue weighted by atomic mass is 16.6. The molecule has 1 aliphatic heterocycles. The first kappa shape index (κ1) is 6.18. The lowest BCUT2D eigenvalue weighted by atomic mass is 10.0. The molecule has 0 aromatic carbocycles. The van der Waals surface area contributed by atoms with Crippen molar-refractivity contribution in [2.45, 2.75) is 37.9 Å². The lowest BCUT2D eigenvalue weighted by molar-refractivity contribution is 0.298. The van der Waals surface area contributed by atoms with Crippen LogP contribution in [0.3, 0.4) is 0 Å². The van der Waals surface area contributed by atoms with Crippen molar-refractivity contribution >= 4 is 0 Å². The Labute approximate surface area is 60.8 Å². The summed E-state index contributed by atoms with van der Waals surface area (Å²) < 4.78 is 5.32. The van der Waals surface area contributed by atoms with Gasteiger partial charge in [-0.3, -0.25) is 0 Å². The molecule has 3 atom stereocenters. The Morgan fingerprint density at radius 1 is 1.70 bits per heavy atom. The van der Waals surface area contributed by atoms with Crippen LogP contribution in [0.15, 0.2) is 0 Å². The van der Waals surface area contributed by atoms with Crippen LogP contribution in [0, 0.1) is 17.2 Å². The fourth-order valence-electron chi connectivity index (χ4n) is 1.97. The molecule has 0 aromatic rings. The minimum absolute atomic E-state index is 0.0220. The Balaban J connectivity index is 2.04. The molecule has 2 heteroatoms. The summed E-state index contributed by atoms with van der Waals surface area (Å²) >= 11 is 0. The molecule has 10 heavy (non-hydrogen) atoms. The van der Waals surface area contributed by atoms with Gasteiger partial charge < -0.3 is 4.74 Å². The molecule has 0 amide bonds. The molecule has 2 fully saturated rings. The Morgan fingerprint density at radius 3 is 2.90 bits per heavy atom. The average Bonchev–Trinajstić information content (AvgIpc) is 2.46. The molecule has 0 N–H and O–H groups in total. The van der Waals surface area contributed by atoms with Crippen LogP contribution >= 0.6 is 0 Å². The van der Waals surface area contributed by atoms with Gasteiger partial charge in [-0.05, 0) is 25.2 Å². The van der Waals surface area contributed by atoms with Gasteiger partial charge in [0.05, 0.1) is 6.07 Å². The van der Waals surface area contributed by atoms with Gasteiger partial charge in [0.15, 0.2) is 6.10 Å². The molecule has 1 aliphatic carbocycles. The smallest absolute Gasteiger partial charge is 0.173 e. The maximum Gasteiger partial charge on any atom is 0.173 e. The third kappa shape index (κ3) is 0.674. The van der Waals surface area contributed by atoms with Gasteiger partial charge in [0.2, 0.25) is 0 Å². The summed E-state index contributed by atoms with van der Waals surface area (Å²) in [5, 5.41) is 8.54. The van der Waals surface area contributed by atoms with E-state index in [0.29, 0.717) is 0 Å². The lowest BCUT2D eigenvalue weighted by Gasteiger charge is -1.97. The zero-order chi connectivity index (χ0) is 7.19. The molecular formula is C8H11NO. The van der Waals surface area contributed by atoms with Crippen molar-refractivity contribution in [3.63, 3.8) is 0 Å². The van der Waals surface area contributed by atoms with Crippen LogP contribution in [0.25, 0.3) is 0 Å². The normalized spacial score (nSPS) is 51.2. The van der Waals surface area contributed by atoms with E-state index in [1.54, 1.807) is 0 Å². The topological polar surface area (TPSA) is 36.3 Å². The Morgan fingerprint density at radius 2 is 2.50 bits per heavy atom. The second-order valence-electron chi connectivity index (χ2n) is 3.54. The maximum absolute atomic E-state index is 8.54. The van der Waals surface area contributed by atoms with Gasteiger partial charge in [-0.15, -0.1) is 0 Å². The van der Waals surface area contributed by atoms with Crippen LogP contribution in [0.5, 0.6) is 0 Å². The lowest BCUT2D eigenvalue weighted by Crippen LogP contribution is -2.08. The van der Waals surface area contributed by atoms with E-state index in [2.05, 4.69) is 13.0 Å². The summed E-state index contributed by atoms with van der Waals surface area (Å²) in [4.78, 5) is 0. The quantitative estimate of drug-likeness (QED) is 0.474. The van der Waals surface area contributed by atoms with E-state index >= 15 is 0 Å². The van der Waals surface area contributed by atoms with E-state index in [1.807, 2.05) is 0 Å². The molecule has 1 heterocycles. The molecule has 2 rings (SSSR count). The first-order valence-corrected chi connectivity index (χ1v) is 3.84. The van der Waals surface area contributed by atoms with Crippen molar-refractivity contribution in [2.24, 2.45) is 5.92 Å². The minimum atomic E-state index is -0.0718. The highest BCUT2D eigenvalue weighted by Gasteiger charge is 2.59. The predicted octanol–water partition coefficient (Wildman–Crippen LogP) is 1.47. The Bertz CT molecular complexity index is 196. The highest BCUT2D eigenvalue weighted by Crippen LogP contribution is 2.51. The monoisotopic (exact) mass is 137 g/mol. The molecule has 2 nitrogen and oxygen atoms in total. The summed E-state index contributed by atoms with van der Waals surface area (Å²) in [5.41, 5.74) is 0.0220. The standard InChI is InChI=1S/C8H11NO/c1-6-2-3-8(4-6)7(5-9)10-8/h6-7H,2-4H2,1H3. The fraction of sp³-hybridized carbons (Fsp3) is 0.875. The van der Waals surface area contributed by atoms with E-state index in [9.17, 15) is 0 Å². The fourth-order valence-corrected chi connectivity index (χ4v) is 1.97.